The number of allylic oxidation sites excluding steroid dienone is 1. The number of ether oxygens (including phenoxy) is 4. The van der Waals surface area contributed by atoms with E-state index in [0.29, 0.717) is 13.4 Å². The van der Waals surface area contributed by atoms with E-state index in [4.69, 9.17) is 18.9 Å². The summed E-state index contributed by atoms with van der Waals surface area (Å²) >= 11 is 0. The molecule has 0 aromatic rings. The minimum Gasteiger partial charge on any atom is -0.475 e. The minimum atomic E-state index is -0.0924. The summed E-state index contributed by atoms with van der Waals surface area (Å²) in [5.74, 6) is 0. The standard InChI is InChI=1S/C18H36O4/c1-4-7-10-15-21-18(22-16-11-8-5-2)13-9-12-14-20-17-19-6-3/h12,14,18H,4-11,13,15-17H2,1-3H3. The van der Waals surface area contributed by atoms with Crippen molar-refractivity contribution in [3.8, 4) is 0 Å². The van der Waals surface area contributed by atoms with Gasteiger partial charge in [0.25, 0.3) is 0 Å². The highest BCUT2D eigenvalue weighted by molar-refractivity contribution is 4.73. The van der Waals surface area contributed by atoms with E-state index in [2.05, 4.69) is 13.8 Å². The largest absolute Gasteiger partial charge is 0.475 e. The number of hydrogen-bond donors (Lipinski definition) is 0. The van der Waals surface area contributed by atoms with Crippen LogP contribution in [0.25, 0.3) is 0 Å². The maximum absolute atomic E-state index is 5.85. The first-order chi connectivity index (χ1) is 10.8. The van der Waals surface area contributed by atoms with Gasteiger partial charge in [0, 0.05) is 26.2 Å². The van der Waals surface area contributed by atoms with Crippen LogP contribution >= 0.6 is 0 Å². The zero-order valence-electron chi connectivity index (χ0n) is 14.9. The predicted octanol–water partition coefficient (Wildman–Crippen LogP) is 5.03. The van der Waals surface area contributed by atoms with Crippen LogP contribution in [0.3, 0.4) is 0 Å². The van der Waals surface area contributed by atoms with Crippen molar-refractivity contribution in [3.63, 3.8) is 0 Å². The summed E-state index contributed by atoms with van der Waals surface area (Å²) in [6.45, 7) is 8.92. The Balaban J connectivity index is 3.79. The van der Waals surface area contributed by atoms with Crippen molar-refractivity contribution in [3.05, 3.63) is 12.3 Å². The topological polar surface area (TPSA) is 36.9 Å². The Hall–Kier alpha value is -0.580. The van der Waals surface area contributed by atoms with Crippen molar-refractivity contribution in [1.29, 1.82) is 0 Å². The fourth-order valence-corrected chi connectivity index (χ4v) is 1.89. The van der Waals surface area contributed by atoms with E-state index in [1.165, 1.54) is 25.7 Å². The molecule has 0 saturated carbocycles. The molecular weight excluding hydrogens is 280 g/mol. The molecule has 0 unspecified atom stereocenters. The molecule has 4 heteroatoms. The van der Waals surface area contributed by atoms with E-state index in [0.717, 1.165) is 38.9 Å². The number of unbranched alkanes of at least 4 members (excludes halogenated alkanes) is 4. The summed E-state index contributed by atoms with van der Waals surface area (Å²) in [7, 11) is 0. The van der Waals surface area contributed by atoms with Crippen molar-refractivity contribution in [2.45, 2.75) is 78.4 Å². The van der Waals surface area contributed by atoms with Gasteiger partial charge in [0.1, 0.15) is 0 Å². The molecule has 0 heterocycles. The van der Waals surface area contributed by atoms with E-state index in [-0.39, 0.29) is 6.29 Å². The van der Waals surface area contributed by atoms with Gasteiger partial charge < -0.3 is 18.9 Å². The zero-order valence-corrected chi connectivity index (χ0v) is 14.9. The van der Waals surface area contributed by atoms with E-state index >= 15 is 0 Å². The fourth-order valence-electron chi connectivity index (χ4n) is 1.89. The Morgan fingerprint density at radius 3 is 2.05 bits per heavy atom. The first kappa shape index (κ1) is 21.4. The normalized spacial score (nSPS) is 11.6. The molecule has 0 bridgehead atoms. The van der Waals surface area contributed by atoms with Crippen LogP contribution in [0.1, 0.15) is 72.1 Å². The van der Waals surface area contributed by atoms with E-state index in [1.54, 1.807) is 6.26 Å². The highest BCUT2D eigenvalue weighted by atomic mass is 16.7. The molecule has 0 aromatic heterocycles. The summed E-state index contributed by atoms with van der Waals surface area (Å²) in [6, 6.07) is 0. The fraction of sp³-hybridized carbons (Fsp3) is 0.889. The molecule has 0 aliphatic heterocycles. The molecule has 0 rings (SSSR count). The SMILES string of the molecule is CCCCCOC(CCC=COCOCC)OCCCCC. The Morgan fingerprint density at radius 1 is 0.864 bits per heavy atom. The third-order valence-corrected chi connectivity index (χ3v) is 3.22. The highest BCUT2D eigenvalue weighted by Gasteiger charge is 2.08. The van der Waals surface area contributed by atoms with Crippen molar-refractivity contribution in [2.24, 2.45) is 0 Å². The van der Waals surface area contributed by atoms with E-state index < -0.39 is 0 Å². The monoisotopic (exact) mass is 316 g/mol. The molecule has 0 spiro atoms. The lowest BCUT2D eigenvalue weighted by molar-refractivity contribution is -0.146. The molecule has 0 saturated heterocycles. The lowest BCUT2D eigenvalue weighted by atomic mass is 10.2. The van der Waals surface area contributed by atoms with Crippen LogP contribution in [0.15, 0.2) is 12.3 Å². The summed E-state index contributed by atoms with van der Waals surface area (Å²) < 4.78 is 22.0. The van der Waals surface area contributed by atoms with Crippen LogP contribution in [0.2, 0.25) is 0 Å². The molecule has 0 fully saturated rings. The second-order valence-corrected chi connectivity index (χ2v) is 5.31. The van der Waals surface area contributed by atoms with Crippen LogP contribution in [-0.2, 0) is 18.9 Å². The molecule has 0 radical (unpaired) electrons. The Bertz CT molecular complexity index is 219. The van der Waals surface area contributed by atoms with Gasteiger partial charge in [-0.2, -0.15) is 0 Å². The maximum Gasteiger partial charge on any atom is 0.188 e. The second-order valence-electron chi connectivity index (χ2n) is 5.31. The van der Waals surface area contributed by atoms with Crippen LogP contribution in [0.4, 0.5) is 0 Å². The molecule has 0 amide bonds. The third-order valence-electron chi connectivity index (χ3n) is 3.22. The molecule has 0 aliphatic rings. The second kappa shape index (κ2) is 18.5. The van der Waals surface area contributed by atoms with Crippen LogP contribution in [-0.4, -0.2) is 32.9 Å². The number of hydrogen-bond acceptors (Lipinski definition) is 4. The molecule has 4 nitrogen and oxygen atoms in total. The summed E-state index contributed by atoms with van der Waals surface area (Å²) in [5, 5.41) is 0. The van der Waals surface area contributed by atoms with Gasteiger partial charge in [-0.05, 0) is 32.3 Å². The van der Waals surface area contributed by atoms with Gasteiger partial charge in [0.15, 0.2) is 13.1 Å². The molecular formula is C18H36O4. The van der Waals surface area contributed by atoms with Crippen molar-refractivity contribution in [1.82, 2.24) is 0 Å². The Kier molecular flexibility index (Phi) is 18.0. The van der Waals surface area contributed by atoms with Gasteiger partial charge in [-0.3, -0.25) is 0 Å². The molecule has 0 aliphatic carbocycles. The molecule has 22 heavy (non-hydrogen) atoms. The van der Waals surface area contributed by atoms with Gasteiger partial charge in [0.2, 0.25) is 0 Å². The smallest absolute Gasteiger partial charge is 0.188 e. The minimum absolute atomic E-state index is 0.0924. The number of rotatable bonds is 17. The van der Waals surface area contributed by atoms with E-state index in [9.17, 15) is 0 Å². The zero-order chi connectivity index (χ0) is 16.3. The molecule has 0 N–H and O–H groups in total. The maximum atomic E-state index is 5.85. The Morgan fingerprint density at radius 2 is 1.50 bits per heavy atom. The molecule has 0 aromatic carbocycles. The van der Waals surface area contributed by atoms with Gasteiger partial charge >= 0.3 is 0 Å². The van der Waals surface area contributed by atoms with Crippen LogP contribution in [0.5, 0.6) is 0 Å². The lowest BCUT2D eigenvalue weighted by Crippen LogP contribution is -2.18. The van der Waals surface area contributed by atoms with Crippen molar-refractivity contribution in [2.75, 3.05) is 26.6 Å². The summed E-state index contributed by atoms with van der Waals surface area (Å²) in [5.41, 5.74) is 0. The molecule has 132 valence electrons. The van der Waals surface area contributed by atoms with Gasteiger partial charge in [-0.25, -0.2) is 0 Å². The first-order valence-corrected chi connectivity index (χ1v) is 8.92. The van der Waals surface area contributed by atoms with Gasteiger partial charge in [-0.15, -0.1) is 0 Å². The third kappa shape index (κ3) is 15.8. The summed E-state index contributed by atoms with van der Waals surface area (Å²) in [6.07, 6.45) is 12.4. The average molecular weight is 316 g/mol. The van der Waals surface area contributed by atoms with Crippen LogP contribution in [0, 0.1) is 0 Å². The lowest BCUT2D eigenvalue weighted by Gasteiger charge is -2.18. The first-order valence-electron chi connectivity index (χ1n) is 8.92. The van der Waals surface area contributed by atoms with Crippen LogP contribution < -0.4 is 0 Å². The quantitative estimate of drug-likeness (QED) is 0.214. The van der Waals surface area contributed by atoms with E-state index in [1.807, 2.05) is 13.0 Å². The van der Waals surface area contributed by atoms with Gasteiger partial charge in [-0.1, -0.05) is 39.5 Å². The average Bonchev–Trinajstić information content (AvgIpc) is 2.53. The predicted molar refractivity (Wildman–Crippen MR) is 90.7 cm³/mol. The highest BCUT2D eigenvalue weighted by Crippen LogP contribution is 2.09. The summed E-state index contributed by atoms with van der Waals surface area (Å²) in [4.78, 5) is 0. The Labute approximate surface area is 137 Å². The van der Waals surface area contributed by atoms with Gasteiger partial charge in [0.05, 0.1) is 6.26 Å². The van der Waals surface area contributed by atoms with Crippen molar-refractivity contribution >= 4 is 0 Å². The van der Waals surface area contributed by atoms with Crippen molar-refractivity contribution < 1.29 is 18.9 Å². The molecule has 0 atom stereocenters.